The van der Waals surface area contributed by atoms with Gasteiger partial charge in [-0.1, -0.05) is 13.0 Å². The van der Waals surface area contributed by atoms with Crippen molar-refractivity contribution in [3.63, 3.8) is 0 Å². The average Bonchev–Trinajstić information content (AvgIpc) is 2.95. The molecule has 1 atom stereocenters. The predicted molar refractivity (Wildman–Crippen MR) is 75.8 cm³/mol. The molecular weight excluding hydrogens is 278 g/mol. The summed E-state index contributed by atoms with van der Waals surface area (Å²) in [4.78, 5) is 4.09. The SMILES string of the molecule is CCNCc1ccc(S(=O)(=O)N2CCC(OC)C2)nc1. The molecule has 1 aliphatic rings. The van der Waals surface area contributed by atoms with Gasteiger partial charge in [-0.3, -0.25) is 0 Å². The van der Waals surface area contributed by atoms with E-state index in [0.717, 1.165) is 18.5 Å². The van der Waals surface area contributed by atoms with E-state index in [4.69, 9.17) is 4.74 Å². The zero-order valence-corrected chi connectivity index (χ0v) is 12.7. The fourth-order valence-corrected chi connectivity index (χ4v) is 3.58. The number of methoxy groups -OCH3 is 1. The normalized spacial score (nSPS) is 20.4. The van der Waals surface area contributed by atoms with Gasteiger partial charge in [-0.05, 0) is 24.6 Å². The zero-order chi connectivity index (χ0) is 14.6. The van der Waals surface area contributed by atoms with Gasteiger partial charge in [0.05, 0.1) is 6.10 Å². The molecule has 1 saturated heterocycles. The lowest BCUT2D eigenvalue weighted by molar-refractivity contribution is 0.115. The van der Waals surface area contributed by atoms with Crippen molar-refractivity contribution in [2.45, 2.75) is 31.0 Å². The highest BCUT2D eigenvalue weighted by Gasteiger charge is 2.33. The van der Waals surface area contributed by atoms with Crippen LogP contribution >= 0.6 is 0 Å². The Bertz CT molecular complexity index is 530. The Labute approximate surface area is 120 Å². The van der Waals surface area contributed by atoms with Crippen molar-refractivity contribution in [3.8, 4) is 0 Å². The standard InChI is InChI=1S/C13H21N3O3S/c1-3-14-8-11-4-5-13(15-9-11)20(17,18)16-7-6-12(10-16)19-2/h4-5,9,12,14H,3,6-8,10H2,1-2H3. The summed E-state index contributed by atoms with van der Waals surface area (Å²) in [5, 5.41) is 3.28. The van der Waals surface area contributed by atoms with Gasteiger partial charge in [-0.25, -0.2) is 13.4 Å². The first-order chi connectivity index (χ1) is 9.57. The molecule has 0 bridgehead atoms. The smallest absolute Gasteiger partial charge is 0.260 e. The van der Waals surface area contributed by atoms with Crippen LogP contribution in [0.1, 0.15) is 18.9 Å². The maximum absolute atomic E-state index is 12.4. The van der Waals surface area contributed by atoms with Crippen LogP contribution in [0.3, 0.4) is 0 Å². The number of nitrogens with zero attached hydrogens (tertiary/aromatic N) is 2. The minimum absolute atomic E-state index is 0.0159. The van der Waals surface area contributed by atoms with Crippen LogP contribution in [0.15, 0.2) is 23.4 Å². The summed E-state index contributed by atoms with van der Waals surface area (Å²) in [5.41, 5.74) is 0.974. The van der Waals surface area contributed by atoms with Gasteiger partial charge in [-0.2, -0.15) is 4.31 Å². The third kappa shape index (κ3) is 3.35. The first-order valence-electron chi connectivity index (χ1n) is 6.76. The number of hydrogen-bond donors (Lipinski definition) is 1. The lowest BCUT2D eigenvalue weighted by Gasteiger charge is -2.15. The van der Waals surface area contributed by atoms with E-state index >= 15 is 0 Å². The van der Waals surface area contributed by atoms with E-state index in [1.807, 2.05) is 6.92 Å². The highest BCUT2D eigenvalue weighted by molar-refractivity contribution is 7.89. The van der Waals surface area contributed by atoms with E-state index in [9.17, 15) is 8.42 Å². The fraction of sp³-hybridized carbons (Fsp3) is 0.615. The van der Waals surface area contributed by atoms with Crippen molar-refractivity contribution in [1.82, 2.24) is 14.6 Å². The van der Waals surface area contributed by atoms with Gasteiger partial charge in [0.25, 0.3) is 10.0 Å². The lowest BCUT2D eigenvalue weighted by Crippen LogP contribution is -2.30. The Balaban J connectivity index is 2.10. The molecule has 0 aliphatic carbocycles. The summed E-state index contributed by atoms with van der Waals surface area (Å²) in [6.45, 7) is 4.47. The number of sulfonamides is 1. The Hall–Kier alpha value is -1.02. The number of rotatable bonds is 6. The van der Waals surface area contributed by atoms with Gasteiger partial charge < -0.3 is 10.1 Å². The Kier molecular flexibility index (Phi) is 5.09. The Morgan fingerprint density at radius 1 is 1.50 bits per heavy atom. The highest BCUT2D eigenvalue weighted by atomic mass is 32.2. The molecule has 0 amide bonds. The van der Waals surface area contributed by atoms with Crippen molar-refractivity contribution in [2.75, 3.05) is 26.7 Å². The summed E-state index contributed by atoms with van der Waals surface area (Å²) in [5.74, 6) is 0. The average molecular weight is 299 g/mol. The topological polar surface area (TPSA) is 71.5 Å². The van der Waals surface area contributed by atoms with E-state index in [1.165, 1.54) is 4.31 Å². The third-order valence-electron chi connectivity index (χ3n) is 3.42. The van der Waals surface area contributed by atoms with Crippen molar-refractivity contribution in [2.24, 2.45) is 0 Å². The van der Waals surface area contributed by atoms with Crippen molar-refractivity contribution in [1.29, 1.82) is 0 Å². The maximum atomic E-state index is 12.4. The van der Waals surface area contributed by atoms with E-state index < -0.39 is 10.0 Å². The number of nitrogens with one attached hydrogen (secondary N) is 1. The van der Waals surface area contributed by atoms with Gasteiger partial charge in [-0.15, -0.1) is 0 Å². The van der Waals surface area contributed by atoms with Crippen molar-refractivity contribution >= 4 is 10.0 Å². The van der Waals surface area contributed by atoms with Crippen molar-refractivity contribution < 1.29 is 13.2 Å². The minimum atomic E-state index is -3.50. The fourth-order valence-electron chi connectivity index (χ4n) is 2.18. The molecule has 1 fully saturated rings. The molecule has 1 aliphatic heterocycles. The molecule has 112 valence electrons. The van der Waals surface area contributed by atoms with Crippen LogP contribution in [0.2, 0.25) is 0 Å². The molecule has 0 saturated carbocycles. The minimum Gasteiger partial charge on any atom is -0.380 e. The third-order valence-corrected chi connectivity index (χ3v) is 5.20. The molecule has 2 rings (SSSR count). The number of pyridine rings is 1. The molecule has 1 N–H and O–H groups in total. The molecule has 1 aromatic rings. The number of ether oxygens (including phenoxy) is 1. The van der Waals surface area contributed by atoms with Crippen LogP contribution in [0.25, 0.3) is 0 Å². The molecule has 1 unspecified atom stereocenters. The quantitative estimate of drug-likeness (QED) is 0.833. The first-order valence-corrected chi connectivity index (χ1v) is 8.20. The van der Waals surface area contributed by atoms with Crippen LogP contribution in [0.5, 0.6) is 0 Å². The van der Waals surface area contributed by atoms with Crippen LogP contribution in [-0.4, -0.2) is 50.6 Å². The summed E-state index contributed by atoms with van der Waals surface area (Å²) in [7, 11) is -1.89. The van der Waals surface area contributed by atoms with Crippen LogP contribution < -0.4 is 5.32 Å². The number of aromatic nitrogens is 1. The highest BCUT2D eigenvalue weighted by Crippen LogP contribution is 2.21. The van der Waals surface area contributed by atoms with Gasteiger partial charge in [0.15, 0.2) is 5.03 Å². The number of hydrogen-bond acceptors (Lipinski definition) is 5. The second-order valence-corrected chi connectivity index (χ2v) is 6.68. The summed E-state index contributed by atoms with van der Waals surface area (Å²) in [6, 6.07) is 3.37. The lowest BCUT2D eigenvalue weighted by atomic mass is 10.3. The summed E-state index contributed by atoms with van der Waals surface area (Å²) < 4.78 is 31.5. The largest absolute Gasteiger partial charge is 0.380 e. The molecule has 0 spiro atoms. The van der Waals surface area contributed by atoms with E-state index in [0.29, 0.717) is 19.6 Å². The summed E-state index contributed by atoms with van der Waals surface area (Å²) >= 11 is 0. The van der Waals surface area contributed by atoms with Crippen molar-refractivity contribution in [3.05, 3.63) is 23.9 Å². The second-order valence-electron chi connectivity index (χ2n) is 4.79. The van der Waals surface area contributed by atoms with Gasteiger partial charge >= 0.3 is 0 Å². The molecule has 6 nitrogen and oxygen atoms in total. The predicted octanol–water partition coefficient (Wildman–Crippen LogP) is 0.601. The molecule has 0 radical (unpaired) electrons. The van der Waals surface area contributed by atoms with Gasteiger partial charge in [0.1, 0.15) is 0 Å². The Morgan fingerprint density at radius 3 is 2.85 bits per heavy atom. The molecule has 0 aromatic carbocycles. The molecular formula is C13H21N3O3S. The zero-order valence-electron chi connectivity index (χ0n) is 11.9. The monoisotopic (exact) mass is 299 g/mol. The summed E-state index contributed by atoms with van der Waals surface area (Å²) in [6.07, 6.45) is 2.33. The van der Waals surface area contributed by atoms with E-state index in [-0.39, 0.29) is 11.1 Å². The van der Waals surface area contributed by atoms with E-state index in [1.54, 1.807) is 25.4 Å². The van der Waals surface area contributed by atoms with Gasteiger partial charge in [0.2, 0.25) is 0 Å². The first kappa shape index (κ1) is 15.4. The molecule has 20 heavy (non-hydrogen) atoms. The van der Waals surface area contributed by atoms with Crippen LogP contribution in [0, 0.1) is 0 Å². The van der Waals surface area contributed by atoms with Crippen LogP contribution in [0.4, 0.5) is 0 Å². The molecule has 7 heteroatoms. The van der Waals surface area contributed by atoms with Gasteiger partial charge in [0, 0.05) is 32.9 Å². The molecule has 1 aromatic heterocycles. The molecule has 2 heterocycles. The Morgan fingerprint density at radius 2 is 2.30 bits per heavy atom. The van der Waals surface area contributed by atoms with Crippen LogP contribution in [-0.2, 0) is 21.3 Å². The van der Waals surface area contributed by atoms with E-state index in [2.05, 4.69) is 10.3 Å². The second kappa shape index (κ2) is 6.62. The maximum Gasteiger partial charge on any atom is 0.260 e.